The van der Waals surface area contributed by atoms with E-state index in [1.807, 2.05) is 0 Å². The van der Waals surface area contributed by atoms with Crippen LogP contribution in [0.1, 0.15) is 26.2 Å². The lowest BCUT2D eigenvalue weighted by Gasteiger charge is -2.26. The van der Waals surface area contributed by atoms with Crippen LogP contribution < -0.4 is 0 Å². The van der Waals surface area contributed by atoms with Gasteiger partial charge in [-0.15, -0.1) is 5.01 Å². The molecule has 1 N–H and O–H groups in total. The van der Waals surface area contributed by atoms with Crippen molar-refractivity contribution in [3.05, 3.63) is 5.21 Å². The maximum absolute atomic E-state index is 11.5. The van der Waals surface area contributed by atoms with Gasteiger partial charge in [0.05, 0.1) is 24.0 Å². The van der Waals surface area contributed by atoms with E-state index >= 15 is 0 Å². The Bertz CT molecular complexity index is 359. The summed E-state index contributed by atoms with van der Waals surface area (Å²) in [6, 6.07) is 0. The highest BCUT2D eigenvalue weighted by molar-refractivity contribution is 5.70. The lowest BCUT2D eigenvalue weighted by Crippen LogP contribution is -2.42. The van der Waals surface area contributed by atoms with Gasteiger partial charge in [-0.25, -0.2) is 0 Å². The molecule has 0 bridgehead atoms. The summed E-state index contributed by atoms with van der Waals surface area (Å²) in [5.74, 6) is -1.98. The second kappa shape index (κ2) is 7.39. The summed E-state index contributed by atoms with van der Waals surface area (Å²) in [6.45, 7) is 1.68. The molecular formula is C10H17N3O6. The van der Waals surface area contributed by atoms with Crippen LogP contribution in [0.2, 0.25) is 0 Å². The van der Waals surface area contributed by atoms with Gasteiger partial charge in [-0.2, -0.15) is 0 Å². The van der Waals surface area contributed by atoms with E-state index in [4.69, 9.17) is 5.11 Å². The first-order chi connectivity index (χ1) is 9.04. The SMILES string of the molecule is CCC(=O)OCO/N=[N+](\[O-])N1CCCC(C(=O)O)C1. The monoisotopic (exact) mass is 275 g/mol. The number of carbonyl (C=O) groups excluding carboxylic acids is 1. The summed E-state index contributed by atoms with van der Waals surface area (Å²) in [6.07, 6.45) is 1.33. The predicted octanol–water partition coefficient (Wildman–Crippen LogP) is 0.503. The molecule has 1 aliphatic rings. The Kier molecular flexibility index (Phi) is 5.83. The zero-order valence-corrected chi connectivity index (χ0v) is 10.7. The molecule has 108 valence electrons. The second-order valence-electron chi connectivity index (χ2n) is 4.04. The molecule has 1 unspecified atom stereocenters. The number of carboxylic acids is 1. The number of rotatable bonds is 6. The summed E-state index contributed by atoms with van der Waals surface area (Å²) in [7, 11) is 0. The summed E-state index contributed by atoms with van der Waals surface area (Å²) in [5, 5.41) is 24.8. The highest BCUT2D eigenvalue weighted by Gasteiger charge is 2.29. The van der Waals surface area contributed by atoms with Gasteiger partial charge in [0.25, 0.3) is 6.79 Å². The predicted molar refractivity (Wildman–Crippen MR) is 60.3 cm³/mol. The highest BCUT2D eigenvalue weighted by Crippen LogP contribution is 2.16. The Balaban J connectivity index is 2.37. The molecule has 1 aliphatic heterocycles. The van der Waals surface area contributed by atoms with E-state index < -0.39 is 24.6 Å². The number of nitrogens with zero attached hydrogens (tertiary/aromatic N) is 3. The summed E-state index contributed by atoms with van der Waals surface area (Å²) in [5.41, 5.74) is 0. The van der Waals surface area contributed by atoms with E-state index in [-0.39, 0.29) is 17.9 Å². The Morgan fingerprint density at radius 3 is 2.95 bits per heavy atom. The first kappa shape index (κ1) is 15.0. The zero-order chi connectivity index (χ0) is 14.3. The van der Waals surface area contributed by atoms with Crippen molar-refractivity contribution in [2.24, 2.45) is 11.2 Å². The van der Waals surface area contributed by atoms with Crippen LogP contribution in [0.15, 0.2) is 5.28 Å². The van der Waals surface area contributed by atoms with E-state index in [9.17, 15) is 14.8 Å². The number of aliphatic carboxylic acids is 1. The molecule has 0 aromatic heterocycles. The molecule has 1 saturated heterocycles. The van der Waals surface area contributed by atoms with Crippen molar-refractivity contribution < 1.29 is 29.2 Å². The molecule has 1 rings (SSSR count). The average Bonchev–Trinajstić information content (AvgIpc) is 2.43. The van der Waals surface area contributed by atoms with Crippen LogP contribution in [0.4, 0.5) is 0 Å². The van der Waals surface area contributed by atoms with Gasteiger partial charge in [-0.1, -0.05) is 6.92 Å². The number of carboxylic acid groups (broad SMARTS) is 1. The smallest absolute Gasteiger partial charge is 0.308 e. The fourth-order valence-corrected chi connectivity index (χ4v) is 1.63. The number of hydrogen-bond donors (Lipinski definition) is 1. The number of piperidine rings is 1. The first-order valence-corrected chi connectivity index (χ1v) is 5.98. The van der Waals surface area contributed by atoms with Gasteiger partial charge in [0.15, 0.2) is 0 Å². The second-order valence-corrected chi connectivity index (χ2v) is 4.04. The Morgan fingerprint density at radius 1 is 1.58 bits per heavy atom. The van der Waals surface area contributed by atoms with Crippen molar-refractivity contribution in [1.82, 2.24) is 5.01 Å². The Labute approximate surface area is 109 Å². The number of esters is 1. The van der Waals surface area contributed by atoms with Crippen molar-refractivity contribution in [3.63, 3.8) is 0 Å². The highest BCUT2D eigenvalue weighted by atomic mass is 16.8. The maximum atomic E-state index is 11.5. The zero-order valence-electron chi connectivity index (χ0n) is 10.7. The van der Waals surface area contributed by atoms with Crippen molar-refractivity contribution in [2.75, 3.05) is 19.9 Å². The molecule has 0 radical (unpaired) electrons. The molecular weight excluding hydrogens is 258 g/mol. The molecule has 0 saturated carbocycles. The van der Waals surface area contributed by atoms with Crippen molar-refractivity contribution in [3.8, 4) is 0 Å². The third-order valence-corrected chi connectivity index (χ3v) is 2.68. The fourth-order valence-electron chi connectivity index (χ4n) is 1.63. The van der Waals surface area contributed by atoms with E-state index in [0.29, 0.717) is 19.4 Å². The molecule has 1 atom stereocenters. The third-order valence-electron chi connectivity index (χ3n) is 2.68. The van der Waals surface area contributed by atoms with Gasteiger partial charge in [-0.3, -0.25) is 9.59 Å². The van der Waals surface area contributed by atoms with Crippen molar-refractivity contribution in [2.45, 2.75) is 26.2 Å². The first-order valence-electron chi connectivity index (χ1n) is 5.98. The molecule has 19 heavy (non-hydrogen) atoms. The fraction of sp³-hybridized carbons (Fsp3) is 0.800. The molecule has 0 aromatic carbocycles. The van der Waals surface area contributed by atoms with Crippen LogP contribution in [-0.4, -0.2) is 46.9 Å². The standard InChI is InChI=1S/C10H17N3O6/c1-2-9(14)18-7-19-11-13(17)12-5-3-4-8(6-12)10(15)16/h8H,2-7H2,1H3,(H,15,16)/b13-11-. The number of hydrazine groups is 1. The average molecular weight is 275 g/mol. The van der Waals surface area contributed by atoms with E-state index in [1.165, 1.54) is 5.01 Å². The number of carbonyl (C=O) groups is 2. The molecule has 1 heterocycles. The Morgan fingerprint density at radius 2 is 2.32 bits per heavy atom. The van der Waals surface area contributed by atoms with Gasteiger partial charge in [0.2, 0.25) is 5.28 Å². The molecule has 0 amide bonds. The lowest BCUT2D eigenvalue weighted by molar-refractivity contribution is -0.714. The molecule has 0 aromatic rings. The van der Waals surface area contributed by atoms with Crippen LogP contribution >= 0.6 is 0 Å². The lowest BCUT2D eigenvalue weighted by atomic mass is 10.00. The Hall–Kier alpha value is -2.06. The summed E-state index contributed by atoms with van der Waals surface area (Å²) >= 11 is 0. The number of ether oxygens (including phenoxy) is 1. The van der Waals surface area contributed by atoms with Gasteiger partial charge in [0.1, 0.15) is 0 Å². The van der Waals surface area contributed by atoms with Crippen LogP contribution in [0, 0.1) is 11.1 Å². The van der Waals surface area contributed by atoms with Crippen molar-refractivity contribution >= 4 is 11.9 Å². The van der Waals surface area contributed by atoms with Crippen LogP contribution in [0.5, 0.6) is 0 Å². The maximum Gasteiger partial charge on any atom is 0.308 e. The number of hydrogen-bond acceptors (Lipinski definition) is 6. The third kappa shape index (κ3) is 4.98. The summed E-state index contributed by atoms with van der Waals surface area (Å²) in [4.78, 5) is 26.3. The molecule has 1 fully saturated rings. The molecule has 9 nitrogen and oxygen atoms in total. The minimum atomic E-state index is -0.934. The van der Waals surface area contributed by atoms with Crippen LogP contribution in [0.3, 0.4) is 0 Å². The minimum absolute atomic E-state index is 0.0838. The largest absolute Gasteiger partial charge is 0.569 e. The van der Waals surface area contributed by atoms with Gasteiger partial charge >= 0.3 is 11.9 Å². The normalized spacial score (nSPS) is 19.9. The van der Waals surface area contributed by atoms with E-state index in [2.05, 4.69) is 14.9 Å². The minimum Gasteiger partial charge on any atom is -0.569 e. The molecule has 0 spiro atoms. The van der Waals surface area contributed by atoms with Gasteiger partial charge in [-0.05, 0) is 12.8 Å². The van der Waals surface area contributed by atoms with Crippen LogP contribution in [0.25, 0.3) is 0 Å². The van der Waals surface area contributed by atoms with E-state index in [1.54, 1.807) is 6.92 Å². The molecule has 0 aliphatic carbocycles. The quantitative estimate of drug-likeness (QED) is 0.187. The summed E-state index contributed by atoms with van der Waals surface area (Å²) < 4.78 is 4.56. The van der Waals surface area contributed by atoms with Crippen molar-refractivity contribution in [1.29, 1.82) is 0 Å². The topological polar surface area (TPSA) is 114 Å². The van der Waals surface area contributed by atoms with Crippen LogP contribution in [-0.2, 0) is 19.2 Å². The van der Waals surface area contributed by atoms with Gasteiger partial charge < -0.3 is 19.9 Å². The van der Waals surface area contributed by atoms with E-state index in [0.717, 1.165) is 0 Å². The molecule has 9 heteroatoms. The van der Waals surface area contributed by atoms with Gasteiger partial charge in [0, 0.05) is 6.42 Å².